The molecule has 2 N–H and O–H groups in total. The van der Waals surface area contributed by atoms with Crippen molar-refractivity contribution in [2.75, 3.05) is 11.9 Å². The highest BCUT2D eigenvalue weighted by atomic mass is 16.5. The SMILES string of the molecule is O=C(COC(=O)c1ccc[nH]c1=O)Nc1ccc2ccccc2c1. The molecule has 24 heavy (non-hydrogen) atoms. The molecule has 1 aromatic heterocycles. The van der Waals surface area contributed by atoms with Crippen LogP contribution in [0.5, 0.6) is 0 Å². The van der Waals surface area contributed by atoms with Gasteiger partial charge in [-0.15, -0.1) is 0 Å². The number of hydrogen-bond donors (Lipinski definition) is 2. The molecular weight excluding hydrogens is 308 g/mol. The summed E-state index contributed by atoms with van der Waals surface area (Å²) >= 11 is 0. The molecular formula is C18H14N2O4. The van der Waals surface area contributed by atoms with Gasteiger partial charge in [0.15, 0.2) is 6.61 Å². The zero-order valence-corrected chi connectivity index (χ0v) is 12.6. The number of pyridine rings is 1. The van der Waals surface area contributed by atoms with Crippen LogP contribution in [0, 0.1) is 0 Å². The largest absolute Gasteiger partial charge is 0.452 e. The molecule has 6 heteroatoms. The number of H-pyrrole nitrogens is 1. The van der Waals surface area contributed by atoms with Gasteiger partial charge in [-0.3, -0.25) is 9.59 Å². The molecule has 0 spiro atoms. The number of ether oxygens (including phenoxy) is 1. The minimum Gasteiger partial charge on any atom is -0.452 e. The molecule has 1 heterocycles. The second-order valence-corrected chi connectivity index (χ2v) is 5.10. The highest BCUT2D eigenvalue weighted by Crippen LogP contribution is 2.18. The first-order chi connectivity index (χ1) is 11.6. The van der Waals surface area contributed by atoms with E-state index in [-0.39, 0.29) is 5.56 Å². The summed E-state index contributed by atoms with van der Waals surface area (Å²) in [5.41, 5.74) is -0.0965. The van der Waals surface area contributed by atoms with Crippen molar-refractivity contribution in [3.8, 4) is 0 Å². The number of carbonyl (C=O) groups is 2. The maximum Gasteiger partial charge on any atom is 0.344 e. The number of amides is 1. The van der Waals surface area contributed by atoms with Gasteiger partial charge in [0.05, 0.1) is 0 Å². The Morgan fingerprint density at radius 2 is 1.79 bits per heavy atom. The van der Waals surface area contributed by atoms with Crippen LogP contribution in [-0.2, 0) is 9.53 Å². The van der Waals surface area contributed by atoms with E-state index >= 15 is 0 Å². The van der Waals surface area contributed by atoms with Crippen LogP contribution in [0.25, 0.3) is 10.8 Å². The molecule has 2 aromatic carbocycles. The number of carbonyl (C=O) groups excluding carboxylic acids is 2. The van der Waals surface area contributed by atoms with Crippen LogP contribution >= 0.6 is 0 Å². The van der Waals surface area contributed by atoms with Crippen molar-refractivity contribution in [1.82, 2.24) is 4.98 Å². The van der Waals surface area contributed by atoms with Gasteiger partial charge in [0, 0.05) is 11.9 Å². The van der Waals surface area contributed by atoms with Gasteiger partial charge in [-0.05, 0) is 35.0 Å². The number of aromatic amines is 1. The Labute approximate surface area is 137 Å². The van der Waals surface area contributed by atoms with Gasteiger partial charge in [-0.1, -0.05) is 30.3 Å². The molecule has 0 aliphatic heterocycles. The normalized spacial score (nSPS) is 10.3. The van der Waals surface area contributed by atoms with E-state index in [2.05, 4.69) is 10.3 Å². The number of rotatable bonds is 4. The molecule has 3 aromatic rings. The van der Waals surface area contributed by atoms with Gasteiger partial charge < -0.3 is 15.0 Å². The smallest absolute Gasteiger partial charge is 0.344 e. The van der Waals surface area contributed by atoms with Gasteiger partial charge in [0.2, 0.25) is 0 Å². The lowest BCUT2D eigenvalue weighted by atomic mass is 10.1. The summed E-state index contributed by atoms with van der Waals surface area (Å²) in [6.07, 6.45) is 1.41. The third-order valence-corrected chi connectivity index (χ3v) is 3.41. The summed E-state index contributed by atoms with van der Waals surface area (Å²) in [5, 5.41) is 4.70. The highest BCUT2D eigenvalue weighted by molar-refractivity contribution is 5.97. The van der Waals surface area contributed by atoms with Crippen molar-refractivity contribution < 1.29 is 14.3 Å². The fraction of sp³-hybridized carbons (Fsp3) is 0.0556. The van der Waals surface area contributed by atoms with Crippen molar-refractivity contribution in [1.29, 1.82) is 0 Å². The predicted octanol–water partition coefficient (Wildman–Crippen LogP) is 2.32. The van der Waals surface area contributed by atoms with E-state index < -0.39 is 24.0 Å². The number of nitrogens with one attached hydrogen (secondary N) is 2. The molecule has 0 radical (unpaired) electrons. The second-order valence-electron chi connectivity index (χ2n) is 5.10. The molecule has 0 saturated carbocycles. The number of benzene rings is 2. The maximum absolute atomic E-state index is 11.9. The summed E-state index contributed by atoms with van der Waals surface area (Å²) < 4.78 is 4.86. The van der Waals surface area contributed by atoms with Gasteiger partial charge >= 0.3 is 5.97 Å². The number of aromatic nitrogens is 1. The van der Waals surface area contributed by atoms with Crippen LogP contribution in [0.4, 0.5) is 5.69 Å². The summed E-state index contributed by atoms with van der Waals surface area (Å²) in [6, 6.07) is 16.1. The van der Waals surface area contributed by atoms with Crippen molar-refractivity contribution in [3.05, 3.63) is 76.7 Å². The predicted molar refractivity (Wildman–Crippen MR) is 89.9 cm³/mol. The van der Waals surface area contributed by atoms with Gasteiger partial charge in [0.25, 0.3) is 11.5 Å². The molecule has 120 valence electrons. The minimum absolute atomic E-state index is 0.143. The lowest BCUT2D eigenvalue weighted by Crippen LogP contribution is -2.24. The van der Waals surface area contributed by atoms with Crippen molar-refractivity contribution in [3.63, 3.8) is 0 Å². The van der Waals surface area contributed by atoms with E-state index in [4.69, 9.17) is 4.74 Å². The van der Waals surface area contributed by atoms with Crippen molar-refractivity contribution >= 4 is 28.3 Å². The van der Waals surface area contributed by atoms with Gasteiger partial charge in [-0.2, -0.15) is 0 Å². The van der Waals surface area contributed by atoms with E-state index in [0.29, 0.717) is 5.69 Å². The van der Waals surface area contributed by atoms with E-state index in [1.54, 1.807) is 6.07 Å². The van der Waals surface area contributed by atoms with E-state index in [1.807, 2.05) is 36.4 Å². The Bertz CT molecular complexity index is 962. The van der Waals surface area contributed by atoms with Crippen LogP contribution < -0.4 is 10.9 Å². The van der Waals surface area contributed by atoms with Gasteiger partial charge in [-0.25, -0.2) is 4.79 Å². The van der Waals surface area contributed by atoms with Crippen molar-refractivity contribution in [2.45, 2.75) is 0 Å². The molecule has 0 fully saturated rings. The number of fused-ring (bicyclic) bond motifs is 1. The fourth-order valence-corrected chi connectivity index (χ4v) is 2.26. The molecule has 6 nitrogen and oxygen atoms in total. The van der Waals surface area contributed by atoms with E-state index in [9.17, 15) is 14.4 Å². The third kappa shape index (κ3) is 3.49. The van der Waals surface area contributed by atoms with Crippen LogP contribution in [0.3, 0.4) is 0 Å². The number of esters is 1. The third-order valence-electron chi connectivity index (χ3n) is 3.41. The lowest BCUT2D eigenvalue weighted by Gasteiger charge is -2.07. The fourth-order valence-electron chi connectivity index (χ4n) is 2.26. The molecule has 0 atom stereocenters. The van der Waals surface area contributed by atoms with Crippen LogP contribution in [-0.4, -0.2) is 23.5 Å². The number of hydrogen-bond acceptors (Lipinski definition) is 4. The van der Waals surface area contributed by atoms with E-state index in [1.165, 1.54) is 18.3 Å². The Morgan fingerprint density at radius 3 is 2.58 bits per heavy atom. The molecule has 0 aliphatic carbocycles. The molecule has 0 unspecified atom stereocenters. The Balaban J connectivity index is 1.62. The summed E-state index contributed by atoms with van der Waals surface area (Å²) in [5.74, 6) is -1.32. The van der Waals surface area contributed by atoms with Gasteiger partial charge in [0.1, 0.15) is 5.56 Å². The topological polar surface area (TPSA) is 88.3 Å². The van der Waals surface area contributed by atoms with Crippen LogP contribution in [0.15, 0.2) is 65.6 Å². The Morgan fingerprint density at radius 1 is 1.00 bits per heavy atom. The molecule has 0 bridgehead atoms. The Hall–Kier alpha value is -3.41. The van der Waals surface area contributed by atoms with Crippen LogP contribution in [0.1, 0.15) is 10.4 Å². The first kappa shape index (κ1) is 15.5. The zero-order valence-electron chi connectivity index (χ0n) is 12.6. The average molecular weight is 322 g/mol. The summed E-state index contributed by atoms with van der Waals surface area (Å²) in [4.78, 5) is 37.5. The lowest BCUT2D eigenvalue weighted by molar-refractivity contribution is -0.119. The first-order valence-electron chi connectivity index (χ1n) is 7.27. The Kier molecular flexibility index (Phi) is 4.38. The maximum atomic E-state index is 11.9. The minimum atomic E-state index is -0.842. The highest BCUT2D eigenvalue weighted by Gasteiger charge is 2.13. The van der Waals surface area contributed by atoms with Crippen molar-refractivity contribution in [2.24, 2.45) is 0 Å². The molecule has 1 amide bonds. The molecule has 0 aliphatic rings. The first-order valence-corrected chi connectivity index (χ1v) is 7.27. The van der Waals surface area contributed by atoms with Crippen LogP contribution in [0.2, 0.25) is 0 Å². The summed E-state index contributed by atoms with van der Waals surface area (Å²) in [6.45, 7) is -0.472. The quantitative estimate of drug-likeness (QED) is 0.722. The second kappa shape index (κ2) is 6.78. The number of anilines is 1. The van der Waals surface area contributed by atoms with E-state index in [0.717, 1.165) is 10.8 Å². The molecule has 0 saturated heterocycles. The monoisotopic (exact) mass is 322 g/mol. The average Bonchev–Trinajstić information content (AvgIpc) is 2.60. The zero-order chi connectivity index (χ0) is 16.9. The summed E-state index contributed by atoms with van der Waals surface area (Å²) in [7, 11) is 0. The molecule has 3 rings (SSSR count). The standard InChI is InChI=1S/C18H14N2O4/c21-16(11-24-18(23)15-6-3-9-19-17(15)22)20-14-8-7-12-4-1-2-5-13(12)10-14/h1-10H,11H2,(H,19,22)(H,20,21).